The van der Waals surface area contributed by atoms with Gasteiger partial charge in [-0.25, -0.2) is 9.50 Å². The Hall–Kier alpha value is -3.34. The lowest BCUT2D eigenvalue weighted by Gasteiger charge is -2.13. The third kappa shape index (κ3) is 3.24. The molecule has 0 spiro atoms. The second-order valence-electron chi connectivity index (χ2n) is 6.09. The van der Waals surface area contributed by atoms with Gasteiger partial charge in [0.05, 0.1) is 18.5 Å². The van der Waals surface area contributed by atoms with Crippen LogP contribution in [-0.4, -0.2) is 41.0 Å². The van der Waals surface area contributed by atoms with E-state index in [1.54, 1.807) is 29.2 Å². The number of anilines is 2. The van der Waals surface area contributed by atoms with Gasteiger partial charge in [-0.3, -0.25) is 9.20 Å². The monoisotopic (exact) mass is 384 g/mol. The number of fused-ring (bicyclic) bond motifs is 2. The van der Waals surface area contributed by atoms with Crippen molar-refractivity contribution in [3.05, 3.63) is 36.5 Å². The summed E-state index contributed by atoms with van der Waals surface area (Å²) in [5, 5.41) is 6.95. The smallest absolute Gasteiger partial charge is 0.262 e. The second-order valence-corrected chi connectivity index (χ2v) is 6.61. The number of imidazole rings is 1. The zero-order valence-corrected chi connectivity index (χ0v) is 15.4. The van der Waals surface area contributed by atoms with Gasteiger partial charge in [0.2, 0.25) is 11.7 Å². The maximum atomic E-state index is 12.9. The molecule has 1 amide bonds. The van der Waals surface area contributed by atoms with Crippen molar-refractivity contribution in [1.29, 1.82) is 0 Å². The van der Waals surface area contributed by atoms with E-state index in [4.69, 9.17) is 10.5 Å². The average molecular weight is 384 g/mol. The van der Waals surface area contributed by atoms with Crippen molar-refractivity contribution in [2.45, 2.75) is 24.8 Å². The molecule has 0 unspecified atom stereocenters. The highest BCUT2D eigenvalue weighted by Crippen LogP contribution is 2.22. The topological polar surface area (TPSA) is 125 Å². The Labute approximate surface area is 158 Å². The fourth-order valence-electron chi connectivity index (χ4n) is 2.54. The van der Waals surface area contributed by atoms with Gasteiger partial charge < -0.3 is 15.8 Å². The van der Waals surface area contributed by atoms with Crippen LogP contribution in [0.15, 0.2) is 35.9 Å². The Kier molecular flexibility index (Phi) is 4.07. The van der Waals surface area contributed by atoms with Gasteiger partial charge in [0.15, 0.2) is 5.65 Å². The molecule has 138 valence electrons. The van der Waals surface area contributed by atoms with Crippen LogP contribution in [0.5, 0.6) is 5.88 Å². The fraction of sp³-hybridized carbons (Fsp3) is 0.188. The Bertz CT molecular complexity index is 1170. The van der Waals surface area contributed by atoms with E-state index in [0.717, 1.165) is 0 Å². The van der Waals surface area contributed by atoms with Gasteiger partial charge in [-0.05, 0) is 13.8 Å². The lowest BCUT2D eigenvalue weighted by molar-refractivity contribution is 0.101. The van der Waals surface area contributed by atoms with Crippen LogP contribution < -0.4 is 15.8 Å². The molecule has 11 heteroatoms. The van der Waals surface area contributed by atoms with Crippen LogP contribution in [0.2, 0.25) is 0 Å². The molecule has 3 N–H and O–H groups in total. The highest BCUT2D eigenvalue weighted by molar-refractivity contribution is 7.80. The summed E-state index contributed by atoms with van der Waals surface area (Å²) >= 11 is 4.22. The normalized spacial score (nSPS) is 11.4. The SMILES string of the molecule is CC(C)Oc1nc2nc(N)cn2cc1C(=O)Nc1cnn2cc(S)cnc12. The standard InChI is InChI=1S/C16H16N8O2S/c1-8(2)26-15-10(6-23-7-12(17)21-16(23)22-15)14(25)20-11-4-19-24-5-9(27)3-18-13(11)24/h3-8,27H,17H2,1-2H3,(H,20,25). The molecular weight excluding hydrogens is 368 g/mol. The molecular formula is C16H16N8O2S. The molecule has 0 fully saturated rings. The molecule has 0 bridgehead atoms. The van der Waals surface area contributed by atoms with E-state index in [0.29, 0.717) is 27.8 Å². The van der Waals surface area contributed by atoms with E-state index in [9.17, 15) is 4.79 Å². The zero-order chi connectivity index (χ0) is 19.1. The number of nitrogens with one attached hydrogen (secondary N) is 1. The summed E-state index contributed by atoms with van der Waals surface area (Å²) in [6, 6.07) is 0. The van der Waals surface area contributed by atoms with E-state index >= 15 is 0 Å². The number of amides is 1. The molecule has 0 aromatic carbocycles. The lowest BCUT2D eigenvalue weighted by Crippen LogP contribution is -2.18. The highest BCUT2D eigenvalue weighted by Gasteiger charge is 2.20. The van der Waals surface area contributed by atoms with Crippen molar-refractivity contribution >= 4 is 41.5 Å². The van der Waals surface area contributed by atoms with Crippen LogP contribution >= 0.6 is 12.6 Å². The predicted octanol–water partition coefficient (Wildman–Crippen LogP) is 1.68. The summed E-state index contributed by atoms with van der Waals surface area (Å²) in [6.07, 6.45) is 7.75. The summed E-state index contributed by atoms with van der Waals surface area (Å²) in [6.45, 7) is 3.69. The van der Waals surface area contributed by atoms with Crippen molar-refractivity contribution in [2.24, 2.45) is 0 Å². The van der Waals surface area contributed by atoms with Gasteiger partial charge in [0, 0.05) is 23.5 Å². The fourth-order valence-corrected chi connectivity index (χ4v) is 2.70. The maximum Gasteiger partial charge on any atom is 0.262 e. The van der Waals surface area contributed by atoms with Crippen LogP contribution in [0.1, 0.15) is 24.2 Å². The quantitative estimate of drug-likeness (QED) is 0.457. The van der Waals surface area contributed by atoms with Gasteiger partial charge in [0.25, 0.3) is 5.91 Å². The van der Waals surface area contributed by atoms with E-state index in [1.807, 2.05) is 13.8 Å². The first kappa shape index (κ1) is 17.1. The first-order valence-corrected chi connectivity index (χ1v) is 8.51. The average Bonchev–Trinajstić information content (AvgIpc) is 3.15. The number of nitrogens with two attached hydrogens (primary N) is 1. The number of hydrogen-bond donors (Lipinski definition) is 3. The number of aromatic nitrogens is 6. The summed E-state index contributed by atoms with van der Waals surface area (Å²) in [7, 11) is 0. The lowest BCUT2D eigenvalue weighted by atomic mass is 10.3. The van der Waals surface area contributed by atoms with Gasteiger partial charge >= 0.3 is 0 Å². The molecule has 0 atom stereocenters. The third-order valence-corrected chi connectivity index (χ3v) is 3.85. The van der Waals surface area contributed by atoms with Gasteiger partial charge in [-0.1, -0.05) is 0 Å². The Balaban J connectivity index is 1.74. The molecule has 0 aliphatic carbocycles. The largest absolute Gasteiger partial charge is 0.474 e. The number of rotatable bonds is 4. The van der Waals surface area contributed by atoms with Crippen molar-refractivity contribution in [2.75, 3.05) is 11.1 Å². The van der Waals surface area contributed by atoms with E-state index in [-0.39, 0.29) is 17.5 Å². The van der Waals surface area contributed by atoms with Gasteiger partial charge in [-0.15, -0.1) is 12.6 Å². The van der Waals surface area contributed by atoms with Crippen LogP contribution in [0, 0.1) is 0 Å². The van der Waals surface area contributed by atoms with E-state index in [1.165, 1.54) is 10.7 Å². The van der Waals surface area contributed by atoms with E-state index < -0.39 is 5.91 Å². The Morgan fingerprint density at radius 3 is 2.85 bits per heavy atom. The minimum Gasteiger partial charge on any atom is -0.474 e. The summed E-state index contributed by atoms with van der Waals surface area (Å²) < 4.78 is 8.79. The third-order valence-electron chi connectivity index (χ3n) is 3.61. The molecule has 10 nitrogen and oxygen atoms in total. The van der Waals surface area contributed by atoms with Crippen molar-refractivity contribution in [1.82, 2.24) is 29.0 Å². The Morgan fingerprint density at radius 2 is 2.07 bits per heavy atom. The van der Waals surface area contributed by atoms with Crippen molar-refractivity contribution < 1.29 is 9.53 Å². The maximum absolute atomic E-state index is 12.9. The minimum absolute atomic E-state index is 0.169. The number of carbonyl (C=O) groups excluding carboxylic acids is 1. The minimum atomic E-state index is -0.418. The van der Waals surface area contributed by atoms with Crippen molar-refractivity contribution in [3.8, 4) is 5.88 Å². The number of ether oxygens (including phenoxy) is 1. The van der Waals surface area contributed by atoms with Crippen LogP contribution in [0.3, 0.4) is 0 Å². The first-order valence-electron chi connectivity index (χ1n) is 8.06. The molecule has 4 heterocycles. The Morgan fingerprint density at radius 1 is 1.26 bits per heavy atom. The summed E-state index contributed by atoms with van der Waals surface area (Å²) in [5.41, 5.74) is 6.90. The number of hydrogen-bond acceptors (Lipinski definition) is 8. The van der Waals surface area contributed by atoms with E-state index in [2.05, 4.69) is 38.0 Å². The number of nitrogen functional groups attached to an aromatic ring is 1. The predicted molar refractivity (Wildman–Crippen MR) is 101 cm³/mol. The molecule has 0 saturated carbocycles. The number of nitrogens with zero attached hydrogens (tertiary/aromatic N) is 6. The first-order chi connectivity index (χ1) is 12.9. The summed E-state index contributed by atoms with van der Waals surface area (Å²) in [5.74, 6) is 0.394. The molecule has 0 saturated heterocycles. The zero-order valence-electron chi connectivity index (χ0n) is 14.5. The molecule has 4 aromatic heterocycles. The molecule has 0 aliphatic rings. The molecule has 0 aliphatic heterocycles. The van der Waals surface area contributed by atoms with Crippen LogP contribution in [0.25, 0.3) is 11.4 Å². The highest BCUT2D eigenvalue weighted by atomic mass is 32.1. The second kappa shape index (κ2) is 6.43. The molecule has 4 rings (SSSR count). The van der Waals surface area contributed by atoms with Crippen LogP contribution in [-0.2, 0) is 0 Å². The summed E-state index contributed by atoms with van der Waals surface area (Å²) in [4.78, 5) is 26.2. The molecule has 27 heavy (non-hydrogen) atoms. The van der Waals surface area contributed by atoms with Gasteiger partial charge in [-0.2, -0.15) is 15.1 Å². The number of thiol groups is 1. The van der Waals surface area contributed by atoms with Gasteiger partial charge in [0.1, 0.15) is 17.1 Å². The number of carbonyl (C=O) groups is 1. The molecule has 4 aromatic rings. The van der Waals surface area contributed by atoms with Crippen LogP contribution in [0.4, 0.5) is 11.5 Å². The van der Waals surface area contributed by atoms with Crippen molar-refractivity contribution in [3.63, 3.8) is 0 Å². The molecule has 0 radical (unpaired) electrons.